The Kier molecular flexibility index (Phi) is 15.4. The van der Waals surface area contributed by atoms with Crippen LogP contribution in [-0.2, 0) is 24.4 Å². The van der Waals surface area contributed by atoms with Crippen molar-refractivity contribution in [3.63, 3.8) is 0 Å². The third-order valence-electron chi connectivity index (χ3n) is 3.11. The fourth-order valence-electron chi connectivity index (χ4n) is 0.855. The molecule has 0 rings (SSSR count). The summed E-state index contributed by atoms with van der Waals surface area (Å²) in [5.41, 5.74) is 2.41. The van der Waals surface area contributed by atoms with E-state index in [1.165, 1.54) is 0 Å². The molecule has 11 heteroatoms. The van der Waals surface area contributed by atoms with Crippen molar-refractivity contribution < 1.29 is 29.5 Å². The molecule has 33 heavy (non-hydrogen) atoms. The molecule has 0 saturated carbocycles. The summed E-state index contributed by atoms with van der Waals surface area (Å²) >= 11 is 0. The number of nitriles is 2. The number of carbonyl (C=O) groups excluding carboxylic acids is 1. The molecule has 0 aromatic heterocycles. The number of carboxylic acids is 1. The SMILES string of the molecule is CC(C)(C#N)N=NC(C)(C)C#N.CC(C)(C)OOOC(=O)C(C)(C)C.CC(C)[C@H](N)C(=O)O. The Bertz CT molecular complexity index is 692. The van der Waals surface area contributed by atoms with E-state index in [1.807, 2.05) is 12.1 Å². The van der Waals surface area contributed by atoms with E-state index in [0.29, 0.717) is 0 Å². The van der Waals surface area contributed by atoms with Crippen LogP contribution in [0.4, 0.5) is 0 Å². The third-order valence-corrected chi connectivity index (χ3v) is 3.11. The second kappa shape index (κ2) is 14.5. The van der Waals surface area contributed by atoms with Gasteiger partial charge in [0.1, 0.15) is 6.04 Å². The summed E-state index contributed by atoms with van der Waals surface area (Å²) in [4.78, 5) is 30.3. The number of carboxylic acid groups (broad SMARTS) is 1. The number of rotatable bonds is 6. The van der Waals surface area contributed by atoms with Gasteiger partial charge in [0.15, 0.2) is 11.1 Å². The van der Waals surface area contributed by atoms with E-state index in [4.69, 9.17) is 26.3 Å². The lowest BCUT2D eigenvalue weighted by Gasteiger charge is -2.18. The Labute approximate surface area is 197 Å². The molecule has 0 unspecified atom stereocenters. The van der Waals surface area contributed by atoms with E-state index < -0.39 is 40.1 Å². The number of nitrogens with two attached hydrogens (primary N) is 1. The molecule has 0 saturated heterocycles. The Morgan fingerprint density at radius 3 is 1.42 bits per heavy atom. The van der Waals surface area contributed by atoms with Crippen LogP contribution < -0.4 is 5.73 Å². The highest BCUT2D eigenvalue weighted by molar-refractivity contribution is 5.74. The molecule has 11 nitrogen and oxygen atoms in total. The minimum Gasteiger partial charge on any atom is -0.480 e. The predicted octanol–water partition coefficient (Wildman–Crippen LogP) is 4.33. The van der Waals surface area contributed by atoms with Crippen molar-refractivity contribution in [2.75, 3.05) is 0 Å². The molecule has 0 bridgehead atoms. The van der Waals surface area contributed by atoms with Gasteiger partial charge < -0.3 is 10.8 Å². The zero-order valence-corrected chi connectivity index (χ0v) is 22.0. The first kappa shape index (κ1) is 35.0. The summed E-state index contributed by atoms with van der Waals surface area (Å²) in [5.74, 6) is -1.37. The predicted molar refractivity (Wildman–Crippen MR) is 122 cm³/mol. The number of carbonyl (C=O) groups is 2. The van der Waals surface area contributed by atoms with Crippen LogP contribution in [0.3, 0.4) is 0 Å². The largest absolute Gasteiger partial charge is 0.480 e. The number of azo groups is 1. The molecular weight excluding hydrogens is 430 g/mol. The Balaban J connectivity index is -0.000000421. The minimum atomic E-state index is -0.931. The van der Waals surface area contributed by atoms with Crippen LogP contribution in [0.2, 0.25) is 0 Å². The number of hydrogen-bond donors (Lipinski definition) is 2. The van der Waals surface area contributed by atoms with Crippen LogP contribution >= 0.6 is 0 Å². The first-order valence-corrected chi connectivity index (χ1v) is 10.3. The number of nitrogens with zero attached hydrogens (tertiary/aromatic N) is 4. The summed E-state index contributed by atoms with van der Waals surface area (Å²) in [7, 11) is 0. The summed E-state index contributed by atoms with van der Waals surface area (Å²) in [6.45, 7) is 20.7. The zero-order valence-electron chi connectivity index (χ0n) is 22.0. The molecule has 190 valence electrons. The molecule has 0 amide bonds. The highest BCUT2D eigenvalue weighted by Gasteiger charge is 2.25. The van der Waals surface area contributed by atoms with Gasteiger partial charge in [-0.3, -0.25) is 9.68 Å². The van der Waals surface area contributed by atoms with E-state index in [-0.39, 0.29) is 5.92 Å². The van der Waals surface area contributed by atoms with Crippen LogP contribution in [0.25, 0.3) is 0 Å². The van der Waals surface area contributed by atoms with Gasteiger partial charge in [-0.25, -0.2) is 4.79 Å². The Morgan fingerprint density at radius 1 is 0.879 bits per heavy atom. The standard InChI is InChI=1S/C9H18O4.C8H12N4.C5H11NO2/c1-8(2,3)7(10)11-13-12-9(4,5)6;1-7(2,5-9)11-12-8(3,4)6-10;1-3(2)4(6)5(7)8/h1-6H3;1-4H3;3-4H,6H2,1-2H3,(H,7,8)/t;;4-/m..0/s1. The fraction of sp³-hybridized carbons (Fsp3) is 0.818. The minimum absolute atomic E-state index is 0.0208. The zero-order chi connectivity index (χ0) is 27.3. The molecule has 0 spiro atoms. The van der Waals surface area contributed by atoms with E-state index in [0.717, 1.165) is 0 Å². The highest BCUT2D eigenvalue weighted by Crippen LogP contribution is 2.16. The van der Waals surface area contributed by atoms with E-state index in [2.05, 4.69) is 20.2 Å². The van der Waals surface area contributed by atoms with Gasteiger partial charge in [-0.15, -0.1) is 0 Å². The topological polar surface area (TPSA) is 180 Å². The average Bonchev–Trinajstić information content (AvgIpc) is 2.65. The lowest BCUT2D eigenvalue weighted by molar-refractivity contribution is -0.516. The van der Waals surface area contributed by atoms with Gasteiger partial charge in [-0.1, -0.05) is 13.8 Å². The maximum atomic E-state index is 11.1. The third kappa shape index (κ3) is 22.4. The summed E-state index contributed by atoms with van der Waals surface area (Å²) in [5, 5.41) is 37.2. The van der Waals surface area contributed by atoms with Crippen molar-refractivity contribution in [2.45, 2.75) is 106 Å². The Hall–Kier alpha value is -2.60. The van der Waals surface area contributed by atoms with Crippen molar-refractivity contribution >= 4 is 11.9 Å². The molecule has 0 radical (unpaired) electrons. The van der Waals surface area contributed by atoms with E-state index in [9.17, 15) is 9.59 Å². The lowest BCUT2D eigenvalue weighted by Crippen LogP contribution is -2.34. The van der Waals surface area contributed by atoms with Crippen molar-refractivity contribution in [3.05, 3.63) is 0 Å². The van der Waals surface area contributed by atoms with Gasteiger partial charge in [-0.05, 0) is 80.2 Å². The summed E-state index contributed by atoms with van der Waals surface area (Å²) < 4.78 is 0. The van der Waals surface area contributed by atoms with Gasteiger partial charge in [0.25, 0.3) is 0 Å². The van der Waals surface area contributed by atoms with E-state index >= 15 is 0 Å². The molecule has 0 aliphatic heterocycles. The molecule has 3 N–H and O–H groups in total. The van der Waals surface area contributed by atoms with Gasteiger partial charge in [0.2, 0.25) is 0 Å². The van der Waals surface area contributed by atoms with Gasteiger partial charge in [-0.2, -0.15) is 25.6 Å². The molecule has 0 fully saturated rings. The second-order valence-corrected chi connectivity index (χ2v) is 10.5. The Morgan fingerprint density at radius 2 is 1.24 bits per heavy atom. The van der Waals surface area contributed by atoms with Gasteiger partial charge >= 0.3 is 11.9 Å². The summed E-state index contributed by atoms with van der Waals surface area (Å²) in [6, 6.07) is 3.22. The van der Waals surface area contributed by atoms with Crippen molar-refractivity contribution in [2.24, 2.45) is 27.3 Å². The molecule has 0 aromatic rings. The van der Waals surface area contributed by atoms with Crippen LogP contribution in [0.5, 0.6) is 0 Å². The van der Waals surface area contributed by atoms with Gasteiger partial charge in [0.05, 0.1) is 23.2 Å². The van der Waals surface area contributed by atoms with Crippen LogP contribution in [0, 0.1) is 34.0 Å². The highest BCUT2D eigenvalue weighted by atomic mass is 17.5. The molecule has 0 aliphatic rings. The van der Waals surface area contributed by atoms with Crippen molar-refractivity contribution in [1.29, 1.82) is 10.5 Å². The maximum Gasteiger partial charge on any atom is 0.350 e. The average molecular weight is 472 g/mol. The molecule has 1 atom stereocenters. The second-order valence-electron chi connectivity index (χ2n) is 10.5. The maximum absolute atomic E-state index is 11.1. The molecule has 0 heterocycles. The van der Waals surface area contributed by atoms with Crippen molar-refractivity contribution in [3.8, 4) is 12.1 Å². The van der Waals surface area contributed by atoms with Gasteiger partial charge in [0, 0.05) is 0 Å². The van der Waals surface area contributed by atoms with Crippen LogP contribution in [0.1, 0.15) is 83.1 Å². The van der Waals surface area contributed by atoms with Crippen LogP contribution in [0.15, 0.2) is 10.2 Å². The number of hydrogen-bond acceptors (Lipinski definition) is 10. The summed E-state index contributed by atoms with van der Waals surface area (Å²) in [6.07, 6.45) is 0. The first-order valence-electron chi connectivity index (χ1n) is 10.3. The molecular formula is C22H41N5O6. The molecule has 0 aromatic carbocycles. The number of aliphatic carboxylic acids is 1. The smallest absolute Gasteiger partial charge is 0.350 e. The van der Waals surface area contributed by atoms with E-state index in [1.54, 1.807) is 83.1 Å². The molecule has 0 aliphatic carbocycles. The van der Waals surface area contributed by atoms with Crippen LogP contribution in [-0.4, -0.2) is 39.8 Å². The quantitative estimate of drug-likeness (QED) is 0.323. The normalized spacial score (nSPS) is 13.0. The fourth-order valence-corrected chi connectivity index (χ4v) is 0.855. The first-order chi connectivity index (χ1) is 14.5. The monoisotopic (exact) mass is 471 g/mol. The lowest BCUT2D eigenvalue weighted by atomic mass is 9.98. The van der Waals surface area contributed by atoms with Crippen molar-refractivity contribution in [1.82, 2.24) is 0 Å².